The van der Waals surface area contributed by atoms with Crippen LogP contribution in [0.15, 0.2) is 28.7 Å². The molecule has 0 radical (unpaired) electrons. The summed E-state index contributed by atoms with van der Waals surface area (Å²) in [5.74, 6) is 0.511. The molecular weight excluding hydrogens is 435 g/mol. The molecule has 3 saturated carbocycles. The standard InChI is InChI=1S/C24H28ClFN2O4/c1-14-10-20(32-16(14)3)22(30)28-23-6-8-24(9-7-23,15(2)12-23)27-21(29)13-31-17-4-5-18(25)19(26)11-17/h4-5,10-11,15H,6-9,12-13H2,1-3H3,(H,27,29)(H,28,30). The fourth-order valence-corrected chi connectivity index (χ4v) is 5.21. The molecule has 1 heterocycles. The molecule has 3 aliphatic rings. The summed E-state index contributed by atoms with van der Waals surface area (Å²) in [5, 5.41) is 6.39. The summed E-state index contributed by atoms with van der Waals surface area (Å²) in [7, 11) is 0. The first-order valence-corrected chi connectivity index (χ1v) is 11.3. The molecule has 2 N–H and O–H groups in total. The number of halogens is 2. The number of amides is 2. The Labute approximate surface area is 191 Å². The number of ether oxygens (including phenoxy) is 1. The second kappa shape index (κ2) is 8.43. The summed E-state index contributed by atoms with van der Waals surface area (Å²) in [4.78, 5) is 25.4. The average Bonchev–Trinajstić information content (AvgIpc) is 3.09. The first-order chi connectivity index (χ1) is 15.1. The number of aryl methyl sites for hydroxylation is 2. The largest absolute Gasteiger partial charge is 0.484 e. The van der Waals surface area contributed by atoms with Gasteiger partial charge in [-0.1, -0.05) is 18.5 Å². The van der Waals surface area contributed by atoms with Gasteiger partial charge in [0.05, 0.1) is 5.02 Å². The van der Waals surface area contributed by atoms with E-state index >= 15 is 0 Å². The van der Waals surface area contributed by atoms with E-state index in [-0.39, 0.29) is 46.2 Å². The van der Waals surface area contributed by atoms with Crippen molar-refractivity contribution in [2.45, 2.75) is 64.0 Å². The van der Waals surface area contributed by atoms with Crippen LogP contribution in [0.25, 0.3) is 0 Å². The highest BCUT2D eigenvalue weighted by Gasteiger charge is 2.54. The molecule has 0 aliphatic heterocycles. The number of nitrogens with one attached hydrogen (secondary N) is 2. The van der Waals surface area contributed by atoms with E-state index in [1.807, 2.05) is 13.8 Å². The second-order valence-electron chi connectivity index (χ2n) is 9.26. The highest BCUT2D eigenvalue weighted by Crippen LogP contribution is 2.50. The Morgan fingerprint density at radius 3 is 2.50 bits per heavy atom. The molecular formula is C24H28ClFN2O4. The van der Waals surface area contributed by atoms with Crippen LogP contribution in [0.5, 0.6) is 5.75 Å². The summed E-state index contributed by atoms with van der Waals surface area (Å²) < 4.78 is 24.6. The minimum absolute atomic E-state index is 0.00631. The van der Waals surface area contributed by atoms with E-state index in [0.717, 1.165) is 49.5 Å². The van der Waals surface area contributed by atoms with Gasteiger partial charge in [0.25, 0.3) is 11.8 Å². The Hall–Kier alpha value is -2.54. The van der Waals surface area contributed by atoms with Crippen molar-refractivity contribution >= 4 is 23.4 Å². The van der Waals surface area contributed by atoms with Crippen molar-refractivity contribution in [1.29, 1.82) is 0 Å². The van der Waals surface area contributed by atoms with Gasteiger partial charge >= 0.3 is 0 Å². The summed E-state index contributed by atoms with van der Waals surface area (Å²) in [6.45, 7) is 5.67. The van der Waals surface area contributed by atoms with Crippen molar-refractivity contribution < 1.29 is 23.1 Å². The third kappa shape index (κ3) is 4.35. The van der Waals surface area contributed by atoms with Crippen LogP contribution in [-0.2, 0) is 4.79 Å². The second-order valence-corrected chi connectivity index (χ2v) is 9.67. The third-order valence-electron chi connectivity index (χ3n) is 7.16. The van der Waals surface area contributed by atoms with Crippen LogP contribution in [0.1, 0.15) is 60.9 Å². The van der Waals surface area contributed by atoms with E-state index in [1.54, 1.807) is 6.07 Å². The number of hydrogen-bond donors (Lipinski definition) is 2. The summed E-state index contributed by atoms with van der Waals surface area (Å²) in [6.07, 6.45) is 3.88. The Balaban J connectivity index is 1.35. The number of hydrogen-bond acceptors (Lipinski definition) is 4. The quantitative estimate of drug-likeness (QED) is 0.651. The molecule has 32 heavy (non-hydrogen) atoms. The maximum Gasteiger partial charge on any atom is 0.287 e. The predicted molar refractivity (Wildman–Crippen MR) is 118 cm³/mol. The number of carbonyl (C=O) groups excluding carboxylic acids is 2. The summed E-state index contributed by atoms with van der Waals surface area (Å²) in [5.41, 5.74) is 0.351. The number of rotatable bonds is 6. The van der Waals surface area contributed by atoms with Crippen molar-refractivity contribution in [2.24, 2.45) is 5.92 Å². The molecule has 3 aliphatic carbocycles. The van der Waals surface area contributed by atoms with E-state index in [4.69, 9.17) is 20.8 Å². The maximum atomic E-state index is 13.6. The highest BCUT2D eigenvalue weighted by atomic mass is 35.5. The molecule has 172 valence electrons. The van der Waals surface area contributed by atoms with Crippen molar-refractivity contribution in [3.8, 4) is 5.75 Å². The third-order valence-corrected chi connectivity index (χ3v) is 7.46. The van der Waals surface area contributed by atoms with Gasteiger partial charge < -0.3 is 19.8 Å². The zero-order valence-corrected chi connectivity index (χ0v) is 19.3. The molecule has 6 nitrogen and oxygen atoms in total. The summed E-state index contributed by atoms with van der Waals surface area (Å²) in [6, 6.07) is 5.86. The lowest BCUT2D eigenvalue weighted by molar-refractivity contribution is -0.128. The average molecular weight is 463 g/mol. The van der Waals surface area contributed by atoms with E-state index in [2.05, 4.69) is 17.6 Å². The zero-order valence-electron chi connectivity index (χ0n) is 18.5. The molecule has 0 saturated heterocycles. The fourth-order valence-electron chi connectivity index (χ4n) is 5.09. The topological polar surface area (TPSA) is 80.6 Å². The van der Waals surface area contributed by atoms with Gasteiger partial charge in [-0.3, -0.25) is 9.59 Å². The van der Waals surface area contributed by atoms with Crippen LogP contribution < -0.4 is 15.4 Å². The Bertz CT molecular complexity index is 1020. The molecule has 1 aromatic carbocycles. The molecule has 3 fully saturated rings. The van der Waals surface area contributed by atoms with Crippen LogP contribution in [0, 0.1) is 25.6 Å². The lowest BCUT2D eigenvalue weighted by Crippen LogP contribution is -2.67. The minimum Gasteiger partial charge on any atom is -0.484 e. The van der Waals surface area contributed by atoms with Crippen molar-refractivity contribution in [1.82, 2.24) is 10.6 Å². The van der Waals surface area contributed by atoms with Gasteiger partial charge in [0.2, 0.25) is 0 Å². The van der Waals surface area contributed by atoms with Crippen molar-refractivity contribution in [3.63, 3.8) is 0 Å². The SMILES string of the molecule is Cc1cc(C(=O)NC23CCC(NC(=O)COc4ccc(Cl)c(F)c4)(CC2)C(C)C3)oc1C. The van der Waals surface area contributed by atoms with Gasteiger partial charge in [-0.15, -0.1) is 0 Å². The number of benzene rings is 1. The molecule has 2 bridgehead atoms. The molecule has 2 amide bonds. The van der Waals surface area contributed by atoms with Crippen LogP contribution in [-0.4, -0.2) is 29.5 Å². The first-order valence-electron chi connectivity index (χ1n) is 10.9. The van der Waals surface area contributed by atoms with Gasteiger partial charge in [-0.25, -0.2) is 4.39 Å². The lowest BCUT2D eigenvalue weighted by atomic mass is 9.56. The van der Waals surface area contributed by atoms with E-state index in [1.165, 1.54) is 12.1 Å². The molecule has 1 unspecified atom stereocenters. The number of fused-ring (bicyclic) bond motifs is 3. The smallest absolute Gasteiger partial charge is 0.287 e. The van der Waals surface area contributed by atoms with Crippen LogP contribution in [0.2, 0.25) is 5.02 Å². The number of carbonyl (C=O) groups is 2. The predicted octanol–water partition coefficient (Wildman–Crippen LogP) is 4.71. The fraction of sp³-hybridized carbons (Fsp3) is 0.500. The molecule has 2 aromatic rings. The Morgan fingerprint density at radius 1 is 1.19 bits per heavy atom. The van der Waals surface area contributed by atoms with Gasteiger partial charge in [0, 0.05) is 17.1 Å². The molecule has 0 spiro atoms. The van der Waals surface area contributed by atoms with Crippen LogP contribution in [0.3, 0.4) is 0 Å². The summed E-state index contributed by atoms with van der Waals surface area (Å²) >= 11 is 5.67. The number of furan rings is 1. The first kappa shape index (κ1) is 22.6. The van der Waals surface area contributed by atoms with Crippen molar-refractivity contribution in [3.05, 3.63) is 52.2 Å². The molecule has 8 heteroatoms. The normalized spacial score (nSPS) is 26.6. The van der Waals surface area contributed by atoms with Gasteiger partial charge in [-0.2, -0.15) is 0 Å². The zero-order chi connectivity index (χ0) is 23.1. The van der Waals surface area contributed by atoms with Crippen LogP contribution in [0.4, 0.5) is 4.39 Å². The Kier molecular flexibility index (Phi) is 5.96. The van der Waals surface area contributed by atoms with E-state index in [0.29, 0.717) is 5.76 Å². The van der Waals surface area contributed by atoms with Gasteiger partial charge in [0.1, 0.15) is 17.3 Å². The van der Waals surface area contributed by atoms with E-state index in [9.17, 15) is 14.0 Å². The Morgan fingerprint density at radius 2 is 1.91 bits per heavy atom. The minimum atomic E-state index is -0.588. The highest BCUT2D eigenvalue weighted by molar-refractivity contribution is 6.30. The maximum absolute atomic E-state index is 13.6. The monoisotopic (exact) mass is 462 g/mol. The molecule has 1 atom stereocenters. The lowest BCUT2D eigenvalue weighted by Gasteiger charge is -2.57. The van der Waals surface area contributed by atoms with Crippen LogP contribution >= 0.6 is 11.6 Å². The molecule has 1 aromatic heterocycles. The van der Waals surface area contributed by atoms with Gasteiger partial charge in [0.15, 0.2) is 12.4 Å². The van der Waals surface area contributed by atoms with E-state index < -0.39 is 5.82 Å². The van der Waals surface area contributed by atoms with Gasteiger partial charge in [-0.05, 0) is 75.6 Å². The van der Waals surface area contributed by atoms with Crippen molar-refractivity contribution in [2.75, 3.05) is 6.61 Å². The molecule has 5 rings (SSSR count).